The first kappa shape index (κ1) is 27.2. The third-order valence-corrected chi connectivity index (χ3v) is 6.33. The van der Waals surface area contributed by atoms with Crippen molar-refractivity contribution in [2.45, 2.75) is 6.42 Å². The Morgan fingerprint density at radius 1 is 1.13 bits per heavy atom. The van der Waals surface area contributed by atoms with Gasteiger partial charge in [-0.05, 0) is 24.3 Å². The van der Waals surface area contributed by atoms with Gasteiger partial charge < -0.3 is 24.8 Å². The fourth-order valence-electron chi connectivity index (χ4n) is 3.65. The Kier molecular flexibility index (Phi) is 9.40. The number of benzene rings is 2. The average Bonchev–Trinajstić information content (AvgIpc) is 3.33. The van der Waals surface area contributed by atoms with Crippen molar-refractivity contribution in [3.05, 3.63) is 59.1 Å². The van der Waals surface area contributed by atoms with E-state index < -0.39 is 17.7 Å². The molecule has 1 saturated heterocycles. The summed E-state index contributed by atoms with van der Waals surface area (Å²) in [6, 6.07) is 6.84. The van der Waals surface area contributed by atoms with Crippen LogP contribution in [0.2, 0.25) is 0 Å². The number of nitrogens with one attached hydrogen (secondary N) is 3. The van der Waals surface area contributed by atoms with Gasteiger partial charge in [-0.3, -0.25) is 15.0 Å². The fourth-order valence-corrected chi connectivity index (χ4v) is 4.35. The number of amides is 3. The van der Waals surface area contributed by atoms with Crippen molar-refractivity contribution >= 4 is 34.1 Å². The maximum Gasteiger partial charge on any atom is 0.325 e. The molecule has 4 rings (SSSR count). The molecule has 2 heterocycles. The van der Waals surface area contributed by atoms with Crippen molar-refractivity contribution in [2.24, 2.45) is 0 Å². The number of methoxy groups -OCH3 is 1. The molecule has 0 aliphatic carbocycles. The minimum absolute atomic E-state index is 0.00136. The van der Waals surface area contributed by atoms with Crippen LogP contribution in [0.25, 0.3) is 0 Å². The van der Waals surface area contributed by atoms with Crippen LogP contribution in [0.1, 0.15) is 5.69 Å². The van der Waals surface area contributed by atoms with E-state index in [1.807, 2.05) is 0 Å². The van der Waals surface area contributed by atoms with Gasteiger partial charge >= 0.3 is 6.03 Å². The molecule has 0 unspecified atom stereocenters. The number of hydrogen-bond donors (Lipinski definition) is 3. The Balaban J connectivity index is 1.31. The highest BCUT2D eigenvalue weighted by molar-refractivity contribution is 7.14. The number of carbonyl (C=O) groups excluding carboxylic acids is 2. The maximum atomic E-state index is 14.3. The Morgan fingerprint density at radius 3 is 2.74 bits per heavy atom. The second kappa shape index (κ2) is 13.1. The molecule has 202 valence electrons. The van der Waals surface area contributed by atoms with Gasteiger partial charge in [-0.25, -0.2) is 18.6 Å². The molecule has 3 amide bonds. The van der Waals surface area contributed by atoms with E-state index in [2.05, 4.69) is 25.8 Å². The monoisotopic (exact) mass is 547 g/mol. The van der Waals surface area contributed by atoms with Crippen LogP contribution in [0.4, 0.5) is 24.4 Å². The molecule has 0 spiro atoms. The molecule has 0 atom stereocenters. The van der Waals surface area contributed by atoms with Crippen molar-refractivity contribution < 1.29 is 32.6 Å². The lowest BCUT2D eigenvalue weighted by molar-refractivity contribution is -0.120. The first-order valence-electron chi connectivity index (χ1n) is 11.8. The standard InChI is InChI=1S/C25H27F2N5O5S/c1-35-21-4-2-3-18(27)23(21)37-20-6-5-16(26)13-19(20)30-24(34)31-25-29-17(15-38-25)14-22(33)28-7-8-32-9-11-36-12-10-32/h2-6,13,15H,7-12,14H2,1H3,(H,28,33)(H2,29,30,31,34). The van der Waals surface area contributed by atoms with Crippen LogP contribution in [0.5, 0.6) is 17.2 Å². The van der Waals surface area contributed by atoms with Crippen molar-refractivity contribution in [2.75, 3.05) is 57.1 Å². The molecule has 0 radical (unpaired) electrons. The zero-order chi connectivity index (χ0) is 26.9. The summed E-state index contributed by atoms with van der Waals surface area (Å²) in [5.41, 5.74) is 0.458. The number of anilines is 2. The van der Waals surface area contributed by atoms with Crippen LogP contribution in [0.15, 0.2) is 41.8 Å². The molecule has 0 bridgehead atoms. The molecular formula is C25H27F2N5O5S. The summed E-state index contributed by atoms with van der Waals surface area (Å²) in [7, 11) is 1.36. The normalized spacial score (nSPS) is 13.6. The predicted octanol–water partition coefficient (Wildman–Crippen LogP) is 3.86. The van der Waals surface area contributed by atoms with Gasteiger partial charge in [0, 0.05) is 37.6 Å². The Labute approximate surface area is 221 Å². The topological polar surface area (TPSA) is 114 Å². The van der Waals surface area contributed by atoms with E-state index >= 15 is 0 Å². The number of morpholine rings is 1. The maximum absolute atomic E-state index is 14.3. The number of rotatable bonds is 10. The molecule has 1 aliphatic heterocycles. The number of ether oxygens (including phenoxy) is 3. The molecule has 1 aliphatic rings. The van der Waals surface area contributed by atoms with Crippen LogP contribution < -0.4 is 25.4 Å². The molecular weight excluding hydrogens is 520 g/mol. The van der Waals surface area contributed by atoms with Crippen molar-refractivity contribution in [3.8, 4) is 17.2 Å². The van der Waals surface area contributed by atoms with E-state index in [9.17, 15) is 18.4 Å². The number of halogens is 2. The van der Waals surface area contributed by atoms with E-state index in [1.54, 1.807) is 5.38 Å². The van der Waals surface area contributed by atoms with Crippen molar-refractivity contribution in [1.82, 2.24) is 15.2 Å². The van der Waals surface area contributed by atoms with Crippen LogP contribution >= 0.6 is 11.3 Å². The summed E-state index contributed by atoms with van der Waals surface area (Å²) in [6.45, 7) is 4.36. The van der Waals surface area contributed by atoms with Crippen LogP contribution in [0.3, 0.4) is 0 Å². The van der Waals surface area contributed by atoms with E-state index in [4.69, 9.17) is 14.2 Å². The fraction of sp³-hybridized carbons (Fsp3) is 0.320. The van der Waals surface area contributed by atoms with Gasteiger partial charge in [-0.2, -0.15) is 0 Å². The minimum atomic E-state index is -0.725. The highest BCUT2D eigenvalue weighted by atomic mass is 32.1. The van der Waals surface area contributed by atoms with Crippen LogP contribution in [-0.2, 0) is 16.0 Å². The van der Waals surface area contributed by atoms with E-state index in [0.29, 0.717) is 25.5 Å². The summed E-state index contributed by atoms with van der Waals surface area (Å²) in [5, 5.41) is 9.80. The number of hydrogen-bond acceptors (Lipinski definition) is 8. The minimum Gasteiger partial charge on any atom is -0.493 e. The molecule has 10 nitrogen and oxygen atoms in total. The second-order valence-electron chi connectivity index (χ2n) is 8.22. The summed E-state index contributed by atoms with van der Waals surface area (Å²) in [4.78, 5) is 31.3. The SMILES string of the molecule is COc1cccc(F)c1Oc1ccc(F)cc1NC(=O)Nc1nc(CC(=O)NCCN2CCOCC2)cs1. The van der Waals surface area contributed by atoms with Gasteiger partial charge in [0.2, 0.25) is 11.7 Å². The average molecular weight is 548 g/mol. The lowest BCUT2D eigenvalue weighted by Crippen LogP contribution is -2.41. The quantitative estimate of drug-likeness (QED) is 0.353. The summed E-state index contributed by atoms with van der Waals surface area (Å²) in [6.07, 6.45) is 0.0647. The zero-order valence-corrected chi connectivity index (χ0v) is 21.4. The predicted molar refractivity (Wildman–Crippen MR) is 138 cm³/mol. The van der Waals surface area contributed by atoms with Gasteiger partial charge in [0.05, 0.1) is 38.1 Å². The highest BCUT2D eigenvalue weighted by Crippen LogP contribution is 2.37. The van der Waals surface area contributed by atoms with E-state index in [-0.39, 0.29) is 40.4 Å². The van der Waals surface area contributed by atoms with Gasteiger partial charge in [-0.15, -0.1) is 11.3 Å². The molecule has 1 fully saturated rings. The van der Waals surface area contributed by atoms with E-state index in [0.717, 1.165) is 43.1 Å². The van der Waals surface area contributed by atoms with Gasteiger partial charge in [0.1, 0.15) is 5.82 Å². The van der Waals surface area contributed by atoms with Crippen molar-refractivity contribution in [1.29, 1.82) is 0 Å². The number of para-hydroxylation sites is 1. The summed E-state index contributed by atoms with van der Waals surface area (Å²) in [5.74, 6) is -1.58. The number of nitrogens with zero attached hydrogens (tertiary/aromatic N) is 2. The summed E-state index contributed by atoms with van der Waals surface area (Å²) < 4.78 is 44.3. The number of carbonyl (C=O) groups is 2. The molecule has 2 aromatic carbocycles. The first-order chi connectivity index (χ1) is 18.4. The van der Waals surface area contributed by atoms with Crippen molar-refractivity contribution in [3.63, 3.8) is 0 Å². The van der Waals surface area contributed by atoms with Gasteiger partial charge in [-0.1, -0.05) is 6.07 Å². The van der Waals surface area contributed by atoms with Crippen LogP contribution in [-0.4, -0.2) is 68.3 Å². The Bertz CT molecular complexity index is 1270. The Hall–Kier alpha value is -3.81. The number of urea groups is 1. The molecule has 38 heavy (non-hydrogen) atoms. The lowest BCUT2D eigenvalue weighted by atomic mass is 10.2. The first-order valence-corrected chi connectivity index (χ1v) is 12.7. The summed E-state index contributed by atoms with van der Waals surface area (Å²) >= 11 is 1.14. The van der Waals surface area contributed by atoms with E-state index in [1.165, 1.54) is 31.4 Å². The van der Waals surface area contributed by atoms with Gasteiger partial charge in [0.15, 0.2) is 22.4 Å². The third kappa shape index (κ3) is 7.60. The smallest absolute Gasteiger partial charge is 0.325 e. The largest absolute Gasteiger partial charge is 0.493 e. The molecule has 3 aromatic rings. The molecule has 0 saturated carbocycles. The zero-order valence-electron chi connectivity index (χ0n) is 20.6. The van der Waals surface area contributed by atoms with Gasteiger partial charge in [0.25, 0.3) is 0 Å². The highest BCUT2D eigenvalue weighted by Gasteiger charge is 2.17. The Morgan fingerprint density at radius 2 is 1.95 bits per heavy atom. The number of thiazole rings is 1. The number of aromatic nitrogens is 1. The van der Waals surface area contributed by atoms with Crippen LogP contribution in [0, 0.1) is 11.6 Å². The third-order valence-electron chi connectivity index (χ3n) is 5.52. The molecule has 13 heteroatoms. The molecule has 3 N–H and O–H groups in total. The molecule has 1 aromatic heterocycles. The lowest BCUT2D eigenvalue weighted by Gasteiger charge is -2.26. The second-order valence-corrected chi connectivity index (χ2v) is 9.08.